The first kappa shape index (κ1) is 14.7. The van der Waals surface area contributed by atoms with E-state index in [0.717, 1.165) is 0 Å². The van der Waals surface area contributed by atoms with Crippen molar-refractivity contribution in [2.24, 2.45) is 0 Å². The number of aryl methyl sites for hydroxylation is 1. The van der Waals surface area contributed by atoms with Gasteiger partial charge in [0.15, 0.2) is 0 Å². The highest BCUT2D eigenvalue weighted by Gasteiger charge is 2.19. The number of aromatic carboxylic acids is 1. The van der Waals surface area contributed by atoms with Crippen LogP contribution in [0.25, 0.3) is 5.69 Å². The fourth-order valence-corrected chi connectivity index (χ4v) is 2.10. The molecule has 1 amide bonds. The lowest BCUT2D eigenvalue weighted by atomic mass is 10.2. The van der Waals surface area contributed by atoms with Crippen molar-refractivity contribution in [3.8, 4) is 5.69 Å². The molecular formula is C14H16N4O3. The molecule has 0 spiro atoms. The third kappa shape index (κ3) is 2.62. The summed E-state index contributed by atoms with van der Waals surface area (Å²) in [5.74, 6) is -1.24. The number of hydrogen-bond donors (Lipinski definition) is 1. The Hall–Kier alpha value is -2.70. The molecule has 0 atom stereocenters. The summed E-state index contributed by atoms with van der Waals surface area (Å²) in [6.07, 6.45) is 1.50. The summed E-state index contributed by atoms with van der Waals surface area (Å²) >= 11 is 0. The summed E-state index contributed by atoms with van der Waals surface area (Å²) in [5.41, 5.74) is 1.99. The number of hydrogen-bond acceptors (Lipinski definition) is 4. The van der Waals surface area contributed by atoms with E-state index in [1.54, 1.807) is 40.1 Å². The Kier molecular flexibility index (Phi) is 3.75. The number of carboxylic acids is 1. The summed E-state index contributed by atoms with van der Waals surface area (Å²) in [7, 11) is 3.28. The molecule has 7 nitrogen and oxygen atoms in total. The Labute approximate surface area is 121 Å². The van der Waals surface area contributed by atoms with Gasteiger partial charge in [-0.3, -0.25) is 9.78 Å². The largest absolute Gasteiger partial charge is 0.478 e. The van der Waals surface area contributed by atoms with Crippen LogP contribution < -0.4 is 0 Å². The van der Waals surface area contributed by atoms with Crippen molar-refractivity contribution in [2.75, 3.05) is 14.1 Å². The average molecular weight is 288 g/mol. The highest BCUT2D eigenvalue weighted by atomic mass is 16.4. The molecule has 0 aliphatic rings. The molecule has 2 aromatic heterocycles. The van der Waals surface area contributed by atoms with Gasteiger partial charge in [-0.1, -0.05) is 0 Å². The number of carboxylic acid groups (broad SMARTS) is 1. The quantitative estimate of drug-likeness (QED) is 0.919. The van der Waals surface area contributed by atoms with Gasteiger partial charge in [0, 0.05) is 20.3 Å². The van der Waals surface area contributed by atoms with E-state index in [9.17, 15) is 14.7 Å². The number of carbonyl (C=O) groups excluding carboxylic acids is 1. The smallest absolute Gasteiger partial charge is 0.339 e. The van der Waals surface area contributed by atoms with Gasteiger partial charge in [0.2, 0.25) is 0 Å². The van der Waals surface area contributed by atoms with E-state index in [1.165, 1.54) is 15.8 Å². The molecule has 2 aromatic rings. The zero-order chi connectivity index (χ0) is 15.7. The molecular weight excluding hydrogens is 272 g/mol. The van der Waals surface area contributed by atoms with Gasteiger partial charge in [-0.05, 0) is 26.0 Å². The SMILES string of the molecule is Cc1nn(-c2ccnc(C(=O)N(C)C)c2)c(C)c1C(=O)O. The van der Waals surface area contributed by atoms with Crippen LogP contribution in [0.3, 0.4) is 0 Å². The molecule has 0 aliphatic heterocycles. The molecule has 0 unspecified atom stereocenters. The van der Waals surface area contributed by atoms with E-state index >= 15 is 0 Å². The van der Waals surface area contributed by atoms with Crippen LogP contribution in [-0.2, 0) is 0 Å². The molecule has 0 aliphatic carbocycles. The van der Waals surface area contributed by atoms with E-state index in [-0.39, 0.29) is 17.2 Å². The van der Waals surface area contributed by atoms with Gasteiger partial charge in [0.1, 0.15) is 11.3 Å². The van der Waals surface area contributed by atoms with Crippen LogP contribution in [-0.4, -0.2) is 50.7 Å². The van der Waals surface area contributed by atoms with Crippen molar-refractivity contribution in [3.63, 3.8) is 0 Å². The molecule has 2 heterocycles. The second-order valence-electron chi connectivity index (χ2n) is 4.86. The van der Waals surface area contributed by atoms with E-state index in [0.29, 0.717) is 17.1 Å². The highest BCUT2D eigenvalue weighted by Crippen LogP contribution is 2.18. The van der Waals surface area contributed by atoms with Crippen LogP contribution in [0, 0.1) is 13.8 Å². The van der Waals surface area contributed by atoms with E-state index < -0.39 is 5.97 Å². The molecule has 0 bridgehead atoms. The summed E-state index contributed by atoms with van der Waals surface area (Å²) in [6, 6.07) is 3.27. The molecule has 0 saturated heterocycles. The topological polar surface area (TPSA) is 88.3 Å². The third-order valence-corrected chi connectivity index (χ3v) is 3.12. The molecule has 2 rings (SSSR count). The minimum absolute atomic E-state index is 0.173. The molecule has 7 heteroatoms. The van der Waals surface area contributed by atoms with Crippen LogP contribution in [0.15, 0.2) is 18.3 Å². The molecule has 0 saturated carbocycles. The van der Waals surface area contributed by atoms with Gasteiger partial charge in [0.05, 0.1) is 17.1 Å². The van der Waals surface area contributed by atoms with Gasteiger partial charge in [-0.15, -0.1) is 0 Å². The molecule has 0 fully saturated rings. The van der Waals surface area contributed by atoms with Crippen molar-refractivity contribution < 1.29 is 14.7 Å². The first-order valence-corrected chi connectivity index (χ1v) is 6.30. The predicted octanol–water partition coefficient (Wildman–Crippen LogP) is 1.28. The second kappa shape index (κ2) is 5.35. The van der Waals surface area contributed by atoms with Crippen LogP contribution in [0.5, 0.6) is 0 Å². The summed E-state index contributed by atoms with van der Waals surface area (Å²) in [4.78, 5) is 28.6. The van der Waals surface area contributed by atoms with Crippen molar-refractivity contribution >= 4 is 11.9 Å². The third-order valence-electron chi connectivity index (χ3n) is 3.12. The highest BCUT2D eigenvalue weighted by molar-refractivity contribution is 5.92. The first-order valence-electron chi connectivity index (χ1n) is 6.30. The minimum atomic E-state index is -1.02. The first-order chi connectivity index (χ1) is 9.82. The lowest BCUT2D eigenvalue weighted by Gasteiger charge is -2.11. The molecule has 0 radical (unpaired) electrons. The number of aromatic nitrogens is 3. The maximum Gasteiger partial charge on any atom is 0.339 e. The molecule has 1 N–H and O–H groups in total. The Balaban J connectivity index is 2.54. The van der Waals surface area contributed by atoms with Crippen LogP contribution >= 0.6 is 0 Å². The lowest BCUT2D eigenvalue weighted by Crippen LogP contribution is -2.23. The van der Waals surface area contributed by atoms with E-state index in [2.05, 4.69) is 10.1 Å². The van der Waals surface area contributed by atoms with Crippen LogP contribution in [0.1, 0.15) is 32.2 Å². The zero-order valence-corrected chi connectivity index (χ0v) is 12.3. The van der Waals surface area contributed by atoms with Gasteiger partial charge in [-0.25, -0.2) is 9.48 Å². The maximum absolute atomic E-state index is 11.9. The summed E-state index contributed by atoms with van der Waals surface area (Å²) < 4.78 is 1.51. The standard InChI is InChI=1S/C14H16N4O3/c1-8-12(14(20)21)9(2)18(16-8)10-5-6-15-11(7-10)13(19)17(3)4/h5-7H,1-4H3,(H,20,21). The van der Waals surface area contributed by atoms with Crippen molar-refractivity contribution in [2.45, 2.75) is 13.8 Å². The van der Waals surface area contributed by atoms with E-state index in [1.807, 2.05) is 0 Å². The van der Waals surface area contributed by atoms with Crippen molar-refractivity contribution in [3.05, 3.63) is 41.0 Å². The Morgan fingerprint density at radius 2 is 1.95 bits per heavy atom. The molecule has 110 valence electrons. The normalized spacial score (nSPS) is 10.5. The van der Waals surface area contributed by atoms with Crippen molar-refractivity contribution in [1.29, 1.82) is 0 Å². The predicted molar refractivity (Wildman–Crippen MR) is 75.8 cm³/mol. The molecule has 0 aromatic carbocycles. The number of pyridine rings is 1. The number of rotatable bonds is 3. The van der Waals surface area contributed by atoms with Crippen LogP contribution in [0.4, 0.5) is 0 Å². The summed E-state index contributed by atoms with van der Waals surface area (Å²) in [5, 5.41) is 13.4. The summed E-state index contributed by atoms with van der Waals surface area (Å²) in [6.45, 7) is 3.32. The van der Waals surface area contributed by atoms with Gasteiger partial charge >= 0.3 is 5.97 Å². The number of carbonyl (C=O) groups is 2. The lowest BCUT2D eigenvalue weighted by molar-refractivity contribution is 0.0694. The Morgan fingerprint density at radius 1 is 1.29 bits per heavy atom. The van der Waals surface area contributed by atoms with Gasteiger partial charge in [-0.2, -0.15) is 5.10 Å². The Morgan fingerprint density at radius 3 is 2.48 bits per heavy atom. The zero-order valence-electron chi connectivity index (χ0n) is 12.3. The number of nitrogens with zero attached hydrogens (tertiary/aromatic N) is 4. The van der Waals surface area contributed by atoms with Crippen LogP contribution in [0.2, 0.25) is 0 Å². The minimum Gasteiger partial charge on any atom is -0.478 e. The van der Waals surface area contributed by atoms with Gasteiger partial charge in [0.25, 0.3) is 5.91 Å². The fraction of sp³-hybridized carbons (Fsp3) is 0.286. The molecule has 21 heavy (non-hydrogen) atoms. The van der Waals surface area contributed by atoms with E-state index in [4.69, 9.17) is 0 Å². The monoisotopic (exact) mass is 288 g/mol. The second-order valence-corrected chi connectivity index (χ2v) is 4.86. The average Bonchev–Trinajstić information content (AvgIpc) is 2.73. The number of amides is 1. The van der Waals surface area contributed by atoms with Gasteiger partial charge < -0.3 is 10.0 Å². The maximum atomic E-state index is 11.9. The fourth-order valence-electron chi connectivity index (χ4n) is 2.10. The Bertz CT molecular complexity index is 719. The van der Waals surface area contributed by atoms with Crippen molar-refractivity contribution in [1.82, 2.24) is 19.7 Å².